The molecule has 2 aromatic carbocycles. The largest absolute Gasteiger partial charge is 0.306 e. The van der Waals surface area contributed by atoms with Crippen LogP contribution < -0.4 is 10.0 Å². The summed E-state index contributed by atoms with van der Waals surface area (Å²) in [7, 11) is -2.06. The molecule has 0 amide bonds. The number of benzene rings is 2. The molecule has 0 radical (unpaired) electrons. The second-order valence-electron chi connectivity index (χ2n) is 6.01. The van der Waals surface area contributed by atoms with Crippen LogP contribution in [-0.4, -0.2) is 20.4 Å². The van der Waals surface area contributed by atoms with Gasteiger partial charge in [0.1, 0.15) is 5.15 Å². The van der Waals surface area contributed by atoms with E-state index in [9.17, 15) is 8.42 Å². The minimum atomic E-state index is -3.46. The summed E-state index contributed by atoms with van der Waals surface area (Å²) in [6.07, 6.45) is 0. The quantitative estimate of drug-likeness (QED) is 0.631. The highest BCUT2D eigenvalue weighted by molar-refractivity contribution is 7.89. The summed E-state index contributed by atoms with van der Waals surface area (Å²) < 4.78 is 26.3. The van der Waals surface area contributed by atoms with Crippen molar-refractivity contribution in [3.63, 3.8) is 0 Å². The second kappa shape index (κ2) is 7.72. The van der Waals surface area contributed by atoms with E-state index < -0.39 is 10.0 Å². The van der Waals surface area contributed by atoms with E-state index in [4.69, 9.17) is 11.6 Å². The molecule has 26 heavy (non-hydrogen) atoms. The Balaban J connectivity index is 1.78. The number of halogens is 1. The summed E-state index contributed by atoms with van der Waals surface area (Å²) >= 11 is 6.30. The van der Waals surface area contributed by atoms with E-state index in [0.29, 0.717) is 11.7 Å². The normalized spacial score (nSPS) is 13.0. The Labute approximate surface area is 158 Å². The number of hydrogen-bond acceptors (Lipinski definition) is 4. The molecule has 1 atom stereocenters. The first kappa shape index (κ1) is 18.8. The highest BCUT2D eigenvalue weighted by Crippen LogP contribution is 2.22. The Kier molecular flexibility index (Phi) is 5.58. The molecule has 0 aliphatic heterocycles. The highest BCUT2D eigenvalue weighted by atomic mass is 35.5. The van der Waals surface area contributed by atoms with E-state index in [-0.39, 0.29) is 10.9 Å². The van der Waals surface area contributed by atoms with E-state index in [1.807, 2.05) is 43.3 Å². The second-order valence-corrected chi connectivity index (χ2v) is 8.26. The Morgan fingerprint density at radius 1 is 1.12 bits per heavy atom. The van der Waals surface area contributed by atoms with Crippen LogP contribution in [0.3, 0.4) is 0 Å². The first-order chi connectivity index (χ1) is 12.4. The molecule has 5 nitrogen and oxygen atoms in total. The van der Waals surface area contributed by atoms with Crippen molar-refractivity contribution in [2.24, 2.45) is 0 Å². The van der Waals surface area contributed by atoms with Crippen molar-refractivity contribution in [2.45, 2.75) is 24.4 Å². The molecule has 2 N–H and O–H groups in total. The fourth-order valence-corrected chi connectivity index (χ4v) is 3.71. The number of para-hydroxylation sites is 1. The van der Waals surface area contributed by atoms with Gasteiger partial charge >= 0.3 is 0 Å². The van der Waals surface area contributed by atoms with Crippen LogP contribution in [0.5, 0.6) is 0 Å². The van der Waals surface area contributed by atoms with E-state index in [2.05, 4.69) is 15.0 Å². The molecule has 3 rings (SSSR count). The number of sulfonamides is 1. The number of hydrogen-bond donors (Lipinski definition) is 2. The average Bonchev–Trinajstić information content (AvgIpc) is 2.66. The minimum absolute atomic E-state index is 0.0513. The lowest BCUT2D eigenvalue weighted by molar-refractivity contribution is 0.571. The molecule has 0 aliphatic rings. The molecule has 0 saturated heterocycles. The third-order valence-electron chi connectivity index (χ3n) is 4.29. The van der Waals surface area contributed by atoms with Crippen LogP contribution in [0.15, 0.2) is 59.5 Å². The van der Waals surface area contributed by atoms with Crippen LogP contribution >= 0.6 is 11.6 Å². The number of nitrogens with zero attached hydrogens (tertiary/aromatic N) is 1. The van der Waals surface area contributed by atoms with Gasteiger partial charge in [-0.25, -0.2) is 18.1 Å². The fraction of sp³-hybridized carbons (Fsp3) is 0.211. The maximum absolute atomic E-state index is 12.0. The third-order valence-corrected chi connectivity index (χ3v) is 6.03. The molecular weight excluding hydrogens is 370 g/mol. The number of nitrogens with one attached hydrogen (secondary N) is 2. The molecule has 0 fully saturated rings. The molecule has 7 heteroatoms. The molecule has 0 spiro atoms. The van der Waals surface area contributed by atoms with Crippen LogP contribution in [-0.2, 0) is 16.6 Å². The Morgan fingerprint density at radius 2 is 1.88 bits per heavy atom. The van der Waals surface area contributed by atoms with E-state index in [1.54, 1.807) is 18.2 Å². The predicted molar refractivity (Wildman–Crippen MR) is 105 cm³/mol. The van der Waals surface area contributed by atoms with Crippen LogP contribution in [0.25, 0.3) is 10.9 Å². The summed E-state index contributed by atoms with van der Waals surface area (Å²) in [5, 5.41) is 4.88. The lowest BCUT2D eigenvalue weighted by Gasteiger charge is -2.16. The van der Waals surface area contributed by atoms with Crippen molar-refractivity contribution in [3.8, 4) is 0 Å². The monoisotopic (exact) mass is 389 g/mol. The Morgan fingerprint density at radius 3 is 2.65 bits per heavy atom. The lowest BCUT2D eigenvalue weighted by atomic mass is 10.1. The Hall–Kier alpha value is -1.99. The third kappa shape index (κ3) is 4.04. The minimum Gasteiger partial charge on any atom is -0.306 e. The molecule has 3 aromatic rings. The molecule has 0 bridgehead atoms. The van der Waals surface area contributed by atoms with E-state index in [0.717, 1.165) is 22.0 Å². The topological polar surface area (TPSA) is 71.1 Å². The number of aromatic nitrogens is 1. The molecule has 136 valence electrons. The predicted octanol–water partition coefficient (Wildman–Crippen LogP) is 3.65. The average molecular weight is 390 g/mol. The zero-order valence-electron chi connectivity index (χ0n) is 14.5. The summed E-state index contributed by atoms with van der Waals surface area (Å²) in [6, 6.07) is 16.7. The number of rotatable bonds is 6. The van der Waals surface area contributed by atoms with Gasteiger partial charge in [0.05, 0.1) is 10.4 Å². The molecule has 0 aliphatic carbocycles. The summed E-state index contributed by atoms with van der Waals surface area (Å²) in [5.41, 5.74) is 2.64. The van der Waals surface area contributed by atoms with Gasteiger partial charge in [0, 0.05) is 23.5 Å². The first-order valence-corrected chi connectivity index (χ1v) is 10.1. The highest BCUT2D eigenvalue weighted by Gasteiger charge is 2.14. The molecular formula is C19H20ClN3O2S. The van der Waals surface area contributed by atoms with Gasteiger partial charge in [-0.3, -0.25) is 0 Å². The van der Waals surface area contributed by atoms with E-state index >= 15 is 0 Å². The number of fused-ring (bicyclic) bond motifs is 1. The lowest BCUT2D eigenvalue weighted by Crippen LogP contribution is -2.21. The zero-order chi connectivity index (χ0) is 18.7. The van der Waals surface area contributed by atoms with Crippen molar-refractivity contribution < 1.29 is 8.42 Å². The van der Waals surface area contributed by atoms with Crippen molar-refractivity contribution in [2.75, 3.05) is 7.05 Å². The fourth-order valence-electron chi connectivity index (χ4n) is 2.71. The molecule has 0 saturated carbocycles. The van der Waals surface area contributed by atoms with Gasteiger partial charge in [-0.05, 0) is 43.8 Å². The summed E-state index contributed by atoms with van der Waals surface area (Å²) in [5.74, 6) is 0. The SMILES string of the molecule is CNS(=O)(=O)c1cccc([C@H](C)NCc2cc3ccccc3nc2Cl)c1. The molecule has 0 unspecified atom stereocenters. The smallest absolute Gasteiger partial charge is 0.240 e. The van der Waals surface area contributed by atoms with Gasteiger partial charge in [-0.1, -0.05) is 41.9 Å². The maximum atomic E-state index is 12.0. The van der Waals surface area contributed by atoms with Gasteiger partial charge in [-0.15, -0.1) is 0 Å². The standard InChI is InChI=1S/C19H20ClN3O2S/c1-13(14-7-5-8-17(11-14)26(24,25)21-2)22-12-16-10-15-6-3-4-9-18(15)23-19(16)20/h3-11,13,21-22H,12H2,1-2H3/t13-/m0/s1. The zero-order valence-corrected chi connectivity index (χ0v) is 16.1. The maximum Gasteiger partial charge on any atom is 0.240 e. The van der Waals surface area contributed by atoms with Gasteiger partial charge in [0.2, 0.25) is 10.0 Å². The Bertz CT molecular complexity index is 1040. The summed E-state index contributed by atoms with van der Waals surface area (Å²) in [4.78, 5) is 4.67. The van der Waals surface area contributed by atoms with Gasteiger partial charge < -0.3 is 5.32 Å². The van der Waals surface area contributed by atoms with Crippen molar-refractivity contribution in [1.82, 2.24) is 15.0 Å². The van der Waals surface area contributed by atoms with Crippen LogP contribution in [0.2, 0.25) is 5.15 Å². The van der Waals surface area contributed by atoms with Gasteiger partial charge in [0.25, 0.3) is 0 Å². The molecule has 1 heterocycles. The number of pyridine rings is 1. The van der Waals surface area contributed by atoms with Crippen molar-refractivity contribution >= 4 is 32.5 Å². The van der Waals surface area contributed by atoms with Crippen molar-refractivity contribution in [1.29, 1.82) is 0 Å². The van der Waals surface area contributed by atoms with Crippen LogP contribution in [0.1, 0.15) is 24.1 Å². The summed E-state index contributed by atoms with van der Waals surface area (Å²) in [6.45, 7) is 2.51. The molecule has 1 aromatic heterocycles. The van der Waals surface area contributed by atoms with E-state index in [1.165, 1.54) is 7.05 Å². The van der Waals surface area contributed by atoms with Gasteiger partial charge in [-0.2, -0.15) is 0 Å². The van der Waals surface area contributed by atoms with Gasteiger partial charge in [0.15, 0.2) is 0 Å². The van der Waals surface area contributed by atoms with Crippen LogP contribution in [0, 0.1) is 0 Å². The first-order valence-electron chi connectivity index (χ1n) is 8.22. The van der Waals surface area contributed by atoms with Crippen LogP contribution in [0.4, 0.5) is 0 Å². The van der Waals surface area contributed by atoms with Crippen molar-refractivity contribution in [3.05, 3.63) is 70.9 Å².